The fourth-order valence-corrected chi connectivity index (χ4v) is 4.92. The molecule has 2 aliphatic rings. The SMILES string of the molecule is COc1cc2c(cc1CN1CCCN(Cc3cccs3)CC1)CCC2. The van der Waals surface area contributed by atoms with Crippen molar-refractivity contribution in [2.75, 3.05) is 33.3 Å². The highest BCUT2D eigenvalue weighted by molar-refractivity contribution is 7.09. The van der Waals surface area contributed by atoms with Crippen LogP contribution >= 0.6 is 11.3 Å². The van der Waals surface area contributed by atoms with Gasteiger partial charge in [-0.05, 0) is 67.4 Å². The van der Waals surface area contributed by atoms with Crippen molar-refractivity contribution in [2.45, 2.75) is 38.8 Å². The maximum Gasteiger partial charge on any atom is 0.123 e. The number of nitrogens with zero attached hydrogens (tertiary/aromatic N) is 2. The number of hydrogen-bond acceptors (Lipinski definition) is 4. The van der Waals surface area contributed by atoms with Crippen LogP contribution in [-0.2, 0) is 25.9 Å². The van der Waals surface area contributed by atoms with E-state index in [1.165, 1.54) is 54.8 Å². The molecule has 3 nitrogen and oxygen atoms in total. The molecule has 1 aliphatic carbocycles. The van der Waals surface area contributed by atoms with Gasteiger partial charge in [0.05, 0.1) is 7.11 Å². The summed E-state index contributed by atoms with van der Waals surface area (Å²) >= 11 is 1.87. The number of ether oxygens (including phenoxy) is 1. The van der Waals surface area contributed by atoms with E-state index in [4.69, 9.17) is 4.74 Å². The van der Waals surface area contributed by atoms with Crippen LogP contribution < -0.4 is 4.74 Å². The molecule has 1 aromatic carbocycles. The lowest BCUT2D eigenvalue weighted by molar-refractivity contribution is 0.246. The molecule has 2 heterocycles. The minimum Gasteiger partial charge on any atom is -0.496 e. The third kappa shape index (κ3) is 4.08. The van der Waals surface area contributed by atoms with E-state index < -0.39 is 0 Å². The molecule has 1 aromatic heterocycles. The zero-order valence-corrected chi connectivity index (χ0v) is 16.0. The smallest absolute Gasteiger partial charge is 0.123 e. The first kappa shape index (κ1) is 17.1. The first-order valence-corrected chi connectivity index (χ1v) is 10.4. The Bertz CT molecular complexity index is 698. The lowest BCUT2D eigenvalue weighted by Gasteiger charge is -2.23. The molecule has 0 spiro atoms. The van der Waals surface area contributed by atoms with Crippen LogP contribution in [0.1, 0.15) is 34.4 Å². The summed E-state index contributed by atoms with van der Waals surface area (Å²) < 4.78 is 5.70. The van der Waals surface area contributed by atoms with Gasteiger partial charge in [0.25, 0.3) is 0 Å². The molecule has 4 heteroatoms. The zero-order chi connectivity index (χ0) is 17.1. The van der Waals surface area contributed by atoms with E-state index >= 15 is 0 Å². The molecule has 0 amide bonds. The predicted molar refractivity (Wildman–Crippen MR) is 105 cm³/mol. The lowest BCUT2D eigenvalue weighted by atomic mass is 10.0. The van der Waals surface area contributed by atoms with Gasteiger partial charge >= 0.3 is 0 Å². The van der Waals surface area contributed by atoms with Gasteiger partial charge in [-0.3, -0.25) is 9.80 Å². The van der Waals surface area contributed by atoms with Crippen molar-refractivity contribution in [1.82, 2.24) is 9.80 Å². The van der Waals surface area contributed by atoms with E-state index in [1.807, 2.05) is 18.4 Å². The van der Waals surface area contributed by atoms with Gasteiger partial charge in [0.2, 0.25) is 0 Å². The summed E-state index contributed by atoms with van der Waals surface area (Å²) in [5.74, 6) is 1.08. The van der Waals surface area contributed by atoms with Crippen LogP contribution in [-0.4, -0.2) is 43.1 Å². The molecule has 25 heavy (non-hydrogen) atoms. The Morgan fingerprint density at radius 3 is 2.44 bits per heavy atom. The molecule has 0 atom stereocenters. The molecule has 1 aliphatic heterocycles. The molecular weight excluding hydrogens is 328 g/mol. The summed E-state index contributed by atoms with van der Waals surface area (Å²) in [6.07, 6.45) is 5.00. The molecule has 0 saturated carbocycles. The minimum atomic E-state index is 1.02. The highest BCUT2D eigenvalue weighted by Gasteiger charge is 2.19. The topological polar surface area (TPSA) is 15.7 Å². The van der Waals surface area contributed by atoms with Gasteiger partial charge in [-0.25, -0.2) is 0 Å². The number of aryl methyl sites for hydroxylation is 2. The zero-order valence-electron chi connectivity index (χ0n) is 15.2. The van der Waals surface area contributed by atoms with E-state index in [-0.39, 0.29) is 0 Å². The predicted octanol–water partition coefficient (Wildman–Crippen LogP) is 3.95. The summed E-state index contributed by atoms with van der Waals surface area (Å²) in [6, 6.07) is 9.11. The monoisotopic (exact) mass is 356 g/mol. The quantitative estimate of drug-likeness (QED) is 0.807. The average molecular weight is 357 g/mol. The van der Waals surface area contributed by atoms with Crippen molar-refractivity contribution in [3.05, 3.63) is 51.2 Å². The van der Waals surface area contributed by atoms with Crippen molar-refractivity contribution in [3.63, 3.8) is 0 Å². The molecule has 1 fully saturated rings. The third-order valence-electron chi connectivity index (χ3n) is 5.53. The standard InChI is InChI=1S/C21H28N2OS/c1-24-21-14-18-6-2-5-17(18)13-19(21)15-22-8-4-9-23(11-10-22)16-20-7-3-12-25-20/h3,7,12-14H,2,4-6,8-11,15-16H2,1H3. The minimum absolute atomic E-state index is 1.02. The summed E-state index contributed by atoms with van der Waals surface area (Å²) in [5, 5.41) is 2.18. The van der Waals surface area contributed by atoms with Crippen LogP contribution in [0.2, 0.25) is 0 Å². The van der Waals surface area contributed by atoms with Crippen LogP contribution in [0.5, 0.6) is 5.75 Å². The molecule has 4 rings (SSSR count). The number of hydrogen-bond donors (Lipinski definition) is 0. The van der Waals surface area contributed by atoms with Gasteiger partial charge in [-0.2, -0.15) is 0 Å². The Hall–Kier alpha value is -1.36. The average Bonchev–Trinajstić information content (AvgIpc) is 3.24. The molecule has 0 radical (unpaired) electrons. The Morgan fingerprint density at radius 1 is 0.960 bits per heavy atom. The maximum absolute atomic E-state index is 5.70. The fourth-order valence-electron chi connectivity index (χ4n) is 4.17. The Balaban J connectivity index is 1.40. The second-order valence-electron chi connectivity index (χ2n) is 7.27. The molecule has 0 N–H and O–H groups in total. The van der Waals surface area contributed by atoms with Crippen molar-refractivity contribution in [1.29, 1.82) is 0 Å². The second kappa shape index (κ2) is 7.90. The second-order valence-corrected chi connectivity index (χ2v) is 8.30. The number of rotatable bonds is 5. The Kier molecular flexibility index (Phi) is 5.39. The first-order valence-electron chi connectivity index (χ1n) is 9.47. The van der Waals surface area contributed by atoms with Crippen LogP contribution in [0.25, 0.3) is 0 Å². The summed E-state index contributed by atoms with van der Waals surface area (Å²) in [4.78, 5) is 6.69. The fraction of sp³-hybridized carbons (Fsp3) is 0.524. The normalized spacial score (nSPS) is 18.9. The largest absolute Gasteiger partial charge is 0.496 e. The molecule has 0 unspecified atom stereocenters. The number of thiophene rings is 1. The summed E-state index contributed by atoms with van der Waals surface area (Å²) in [7, 11) is 1.81. The number of fused-ring (bicyclic) bond motifs is 1. The van der Waals surface area contributed by atoms with Crippen LogP contribution in [0.15, 0.2) is 29.6 Å². The van der Waals surface area contributed by atoms with Gasteiger partial charge < -0.3 is 4.74 Å². The molecule has 0 bridgehead atoms. The van der Waals surface area contributed by atoms with Gasteiger partial charge in [0.15, 0.2) is 0 Å². The number of methoxy groups -OCH3 is 1. The van der Waals surface area contributed by atoms with Gasteiger partial charge in [-0.1, -0.05) is 12.1 Å². The molecule has 2 aromatic rings. The van der Waals surface area contributed by atoms with Crippen molar-refractivity contribution in [3.8, 4) is 5.75 Å². The van der Waals surface area contributed by atoms with Gasteiger partial charge in [0.1, 0.15) is 5.75 Å². The van der Waals surface area contributed by atoms with E-state index in [0.717, 1.165) is 31.9 Å². The Morgan fingerprint density at radius 2 is 1.72 bits per heavy atom. The Labute approximate surface area is 155 Å². The highest BCUT2D eigenvalue weighted by Crippen LogP contribution is 2.30. The summed E-state index contributed by atoms with van der Waals surface area (Å²) in [5.41, 5.74) is 4.42. The third-order valence-corrected chi connectivity index (χ3v) is 6.39. The lowest BCUT2D eigenvalue weighted by Crippen LogP contribution is -2.30. The first-order chi connectivity index (χ1) is 12.3. The van der Waals surface area contributed by atoms with E-state index in [1.54, 1.807) is 5.56 Å². The maximum atomic E-state index is 5.70. The van der Waals surface area contributed by atoms with Crippen LogP contribution in [0, 0.1) is 0 Å². The molecule has 1 saturated heterocycles. The van der Waals surface area contributed by atoms with Gasteiger partial charge in [0, 0.05) is 36.6 Å². The van der Waals surface area contributed by atoms with Crippen LogP contribution in [0.4, 0.5) is 0 Å². The number of benzene rings is 1. The van der Waals surface area contributed by atoms with Crippen LogP contribution in [0.3, 0.4) is 0 Å². The van der Waals surface area contributed by atoms with Crippen molar-refractivity contribution in [2.24, 2.45) is 0 Å². The molecular formula is C21H28N2OS. The van der Waals surface area contributed by atoms with Gasteiger partial charge in [-0.15, -0.1) is 11.3 Å². The van der Waals surface area contributed by atoms with E-state index in [0.29, 0.717) is 0 Å². The molecule has 134 valence electrons. The van der Waals surface area contributed by atoms with Crippen molar-refractivity contribution >= 4 is 11.3 Å². The van der Waals surface area contributed by atoms with Crippen molar-refractivity contribution < 1.29 is 4.74 Å². The van der Waals surface area contributed by atoms with E-state index in [9.17, 15) is 0 Å². The van der Waals surface area contributed by atoms with E-state index in [2.05, 4.69) is 39.4 Å². The summed E-state index contributed by atoms with van der Waals surface area (Å²) in [6.45, 7) is 6.81. The highest BCUT2D eigenvalue weighted by atomic mass is 32.1.